The number of halogens is 3. The van der Waals surface area contributed by atoms with Crippen LogP contribution < -0.4 is 9.47 Å². The molecule has 0 saturated heterocycles. The SMILES string of the molecule is CC(=O)CC(OC(C)=O)C(C)Oc1ccc(Oc2ccc(C(F)(F)F)cc2)cc1. The Morgan fingerprint density at radius 2 is 1.38 bits per heavy atom. The first-order valence-electron chi connectivity index (χ1n) is 8.83. The van der Waals surface area contributed by atoms with Gasteiger partial charge in [-0.15, -0.1) is 0 Å². The molecule has 0 aliphatic rings. The lowest BCUT2D eigenvalue weighted by atomic mass is 10.1. The Hall–Kier alpha value is -3.03. The highest BCUT2D eigenvalue weighted by Gasteiger charge is 2.30. The number of esters is 1. The normalized spacial score (nSPS) is 13.3. The molecule has 0 spiro atoms. The quantitative estimate of drug-likeness (QED) is 0.562. The van der Waals surface area contributed by atoms with Crippen molar-refractivity contribution in [2.75, 3.05) is 0 Å². The van der Waals surface area contributed by atoms with Gasteiger partial charge in [-0.25, -0.2) is 0 Å². The second kappa shape index (κ2) is 9.45. The predicted molar refractivity (Wildman–Crippen MR) is 98.9 cm³/mol. The Bertz CT molecular complexity index is 813. The van der Waals surface area contributed by atoms with Crippen LogP contribution in [0.25, 0.3) is 0 Å². The van der Waals surface area contributed by atoms with Gasteiger partial charge in [0.2, 0.25) is 0 Å². The van der Waals surface area contributed by atoms with Gasteiger partial charge in [0.25, 0.3) is 0 Å². The van der Waals surface area contributed by atoms with E-state index in [4.69, 9.17) is 14.2 Å². The van der Waals surface area contributed by atoms with E-state index in [1.54, 1.807) is 31.2 Å². The Morgan fingerprint density at radius 1 is 0.897 bits per heavy atom. The standard InChI is InChI=1S/C21H21F3O5/c1-13(25)12-20(28-15(3)26)14(2)27-17-8-10-19(11-9-17)29-18-6-4-16(5-7-18)21(22,23)24/h4-11,14,20H,12H2,1-3H3. The van der Waals surface area contributed by atoms with E-state index in [0.717, 1.165) is 12.1 Å². The van der Waals surface area contributed by atoms with Crippen molar-refractivity contribution >= 4 is 11.8 Å². The first kappa shape index (κ1) is 22.3. The molecular formula is C21H21F3O5. The number of ketones is 1. The summed E-state index contributed by atoms with van der Waals surface area (Å²) >= 11 is 0. The minimum Gasteiger partial charge on any atom is -0.487 e. The van der Waals surface area contributed by atoms with Gasteiger partial charge in [0.15, 0.2) is 0 Å². The van der Waals surface area contributed by atoms with E-state index in [9.17, 15) is 22.8 Å². The predicted octanol–water partition coefficient (Wildman–Crippen LogP) is 5.18. The van der Waals surface area contributed by atoms with E-state index in [1.807, 2.05) is 0 Å². The molecule has 2 aromatic rings. The Morgan fingerprint density at radius 3 is 1.83 bits per heavy atom. The van der Waals surface area contributed by atoms with Gasteiger partial charge < -0.3 is 14.2 Å². The van der Waals surface area contributed by atoms with Gasteiger partial charge in [0, 0.05) is 13.3 Å². The molecule has 29 heavy (non-hydrogen) atoms. The van der Waals surface area contributed by atoms with Crippen LogP contribution in [-0.4, -0.2) is 24.0 Å². The molecule has 2 rings (SSSR count). The summed E-state index contributed by atoms with van der Waals surface area (Å²) < 4.78 is 54.2. The molecule has 0 aliphatic heterocycles. The van der Waals surface area contributed by atoms with Crippen LogP contribution in [0.4, 0.5) is 13.2 Å². The molecule has 2 aromatic carbocycles. The smallest absolute Gasteiger partial charge is 0.416 e. The maximum Gasteiger partial charge on any atom is 0.416 e. The lowest BCUT2D eigenvalue weighted by molar-refractivity contribution is -0.152. The molecule has 0 fully saturated rings. The molecule has 156 valence electrons. The Labute approximate surface area is 166 Å². The zero-order chi connectivity index (χ0) is 21.6. The fourth-order valence-electron chi connectivity index (χ4n) is 2.52. The summed E-state index contributed by atoms with van der Waals surface area (Å²) in [5.74, 6) is 0.485. The number of carbonyl (C=O) groups excluding carboxylic acids is 2. The van der Waals surface area contributed by atoms with E-state index < -0.39 is 29.9 Å². The minimum absolute atomic E-state index is 0.0376. The lowest BCUT2D eigenvalue weighted by Crippen LogP contribution is -2.34. The first-order valence-corrected chi connectivity index (χ1v) is 8.83. The number of hydrogen-bond acceptors (Lipinski definition) is 5. The molecule has 0 saturated carbocycles. The summed E-state index contributed by atoms with van der Waals surface area (Å²) in [7, 11) is 0. The van der Waals surface area contributed by atoms with Gasteiger partial charge in [-0.3, -0.25) is 9.59 Å². The minimum atomic E-state index is -4.40. The number of benzene rings is 2. The molecule has 0 amide bonds. The molecule has 0 aromatic heterocycles. The molecule has 0 heterocycles. The Balaban J connectivity index is 2.00. The van der Waals surface area contributed by atoms with Crippen LogP contribution in [0.2, 0.25) is 0 Å². The van der Waals surface area contributed by atoms with E-state index >= 15 is 0 Å². The van der Waals surface area contributed by atoms with Crippen molar-refractivity contribution in [3.05, 3.63) is 54.1 Å². The first-order chi connectivity index (χ1) is 13.5. The summed E-state index contributed by atoms with van der Waals surface area (Å²) in [6.45, 7) is 4.34. The number of rotatable bonds is 8. The molecule has 0 aliphatic carbocycles. The van der Waals surface area contributed by atoms with Crippen LogP contribution in [0.3, 0.4) is 0 Å². The van der Waals surface area contributed by atoms with Crippen molar-refractivity contribution in [1.29, 1.82) is 0 Å². The topological polar surface area (TPSA) is 61.8 Å². The Kier molecular flexibility index (Phi) is 7.25. The van der Waals surface area contributed by atoms with E-state index in [1.165, 1.54) is 26.0 Å². The van der Waals surface area contributed by atoms with Crippen LogP contribution in [0, 0.1) is 0 Å². The highest BCUT2D eigenvalue weighted by atomic mass is 19.4. The van der Waals surface area contributed by atoms with Gasteiger partial charge >= 0.3 is 12.1 Å². The fourth-order valence-corrected chi connectivity index (χ4v) is 2.52. The van der Waals surface area contributed by atoms with Crippen molar-refractivity contribution in [2.45, 2.75) is 45.6 Å². The van der Waals surface area contributed by atoms with Gasteiger partial charge in [0.05, 0.1) is 5.56 Å². The largest absolute Gasteiger partial charge is 0.487 e. The molecule has 8 heteroatoms. The highest BCUT2D eigenvalue weighted by molar-refractivity contribution is 5.76. The summed E-state index contributed by atoms with van der Waals surface area (Å²) in [5, 5.41) is 0. The van der Waals surface area contributed by atoms with Gasteiger partial charge in [0.1, 0.15) is 35.2 Å². The maximum atomic E-state index is 12.6. The molecule has 2 unspecified atom stereocenters. The number of hydrogen-bond donors (Lipinski definition) is 0. The van der Waals surface area contributed by atoms with Crippen LogP contribution in [0.15, 0.2) is 48.5 Å². The average Bonchev–Trinajstić information content (AvgIpc) is 2.61. The van der Waals surface area contributed by atoms with Gasteiger partial charge in [-0.05, 0) is 62.4 Å². The summed E-state index contributed by atoms with van der Waals surface area (Å²) in [5.41, 5.74) is -0.754. The second-order valence-electron chi connectivity index (χ2n) is 6.47. The molecule has 0 N–H and O–H groups in total. The van der Waals surface area contributed by atoms with Crippen molar-refractivity contribution in [3.63, 3.8) is 0 Å². The van der Waals surface area contributed by atoms with Crippen LogP contribution in [0.1, 0.15) is 32.8 Å². The zero-order valence-electron chi connectivity index (χ0n) is 16.2. The van der Waals surface area contributed by atoms with Crippen molar-refractivity contribution in [2.24, 2.45) is 0 Å². The molecule has 0 bridgehead atoms. The monoisotopic (exact) mass is 410 g/mol. The third kappa shape index (κ3) is 7.14. The van der Waals surface area contributed by atoms with E-state index in [-0.39, 0.29) is 18.0 Å². The summed E-state index contributed by atoms with van der Waals surface area (Å²) in [4.78, 5) is 22.6. The van der Waals surface area contributed by atoms with Crippen molar-refractivity contribution < 1.29 is 37.0 Å². The van der Waals surface area contributed by atoms with Crippen LogP contribution in [0.5, 0.6) is 17.2 Å². The lowest BCUT2D eigenvalue weighted by Gasteiger charge is -2.24. The molecular weight excluding hydrogens is 389 g/mol. The zero-order valence-corrected chi connectivity index (χ0v) is 16.2. The summed E-state index contributed by atoms with van der Waals surface area (Å²) in [6.07, 6.45) is -5.64. The molecule has 0 radical (unpaired) electrons. The number of Topliss-reactive ketones (excluding diaryl/α,β-unsaturated/α-hetero) is 1. The number of alkyl halides is 3. The maximum absolute atomic E-state index is 12.6. The van der Waals surface area contributed by atoms with E-state index in [2.05, 4.69) is 0 Å². The number of ether oxygens (including phenoxy) is 3. The van der Waals surface area contributed by atoms with E-state index in [0.29, 0.717) is 11.5 Å². The molecule has 2 atom stereocenters. The molecule has 5 nitrogen and oxygen atoms in total. The van der Waals surface area contributed by atoms with Crippen LogP contribution >= 0.6 is 0 Å². The van der Waals surface area contributed by atoms with Crippen molar-refractivity contribution in [1.82, 2.24) is 0 Å². The fraction of sp³-hybridized carbons (Fsp3) is 0.333. The third-order valence-corrected chi connectivity index (χ3v) is 3.89. The third-order valence-electron chi connectivity index (χ3n) is 3.89. The highest BCUT2D eigenvalue weighted by Crippen LogP contribution is 2.31. The van der Waals surface area contributed by atoms with Crippen LogP contribution in [-0.2, 0) is 20.5 Å². The van der Waals surface area contributed by atoms with Crippen molar-refractivity contribution in [3.8, 4) is 17.2 Å². The number of carbonyl (C=O) groups is 2. The average molecular weight is 410 g/mol. The summed E-state index contributed by atoms with van der Waals surface area (Å²) in [6, 6.07) is 10.7. The van der Waals surface area contributed by atoms with Gasteiger partial charge in [-0.2, -0.15) is 13.2 Å². The second-order valence-corrected chi connectivity index (χ2v) is 6.47. The van der Waals surface area contributed by atoms with Gasteiger partial charge in [-0.1, -0.05) is 0 Å².